The van der Waals surface area contributed by atoms with Crippen molar-refractivity contribution in [1.29, 1.82) is 0 Å². The van der Waals surface area contributed by atoms with E-state index >= 15 is 0 Å². The van der Waals surface area contributed by atoms with E-state index in [4.69, 9.17) is 5.11 Å². The van der Waals surface area contributed by atoms with Gasteiger partial charge < -0.3 is 10.4 Å². The number of imide groups is 1. The number of aliphatic carboxylic acids is 1. The second-order valence-corrected chi connectivity index (χ2v) is 6.34. The molecule has 6 nitrogen and oxygen atoms in total. The van der Waals surface area contributed by atoms with Gasteiger partial charge in [-0.15, -0.1) is 0 Å². The molecule has 0 heterocycles. The van der Waals surface area contributed by atoms with Crippen LogP contribution in [0.1, 0.15) is 26.7 Å². The summed E-state index contributed by atoms with van der Waals surface area (Å²) in [7, 11) is 0. The normalized spacial score (nSPS) is 10.8. The van der Waals surface area contributed by atoms with E-state index in [-0.39, 0.29) is 12.8 Å². The topological polar surface area (TPSA) is 95.5 Å². The number of urea groups is 1. The number of benzene rings is 1. The van der Waals surface area contributed by atoms with E-state index in [0.717, 1.165) is 4.47 Å². The van der Waals surface area contributed by atoms with Crippen molar-refractivity contribution in [3.63, 3.8) is 0 Å². The maximum atomic E-state index is 11.7. The molecule has 0 atom stereocenters. The van der Waals surface area contributed by atoms with Gasteiger partial charge in [0, 0.05) is 16.6 Å². The van der Waals surface area contributed by atoms with Crippen molar-refractivity contribution in [3.8, 4) is 0 Å². The van der Waals surface area contributed by atoms with Gasteiger partial charge in [0.2, 0.25) is 5.91 Å². The minimum atomic E-state index is -0.980. The fourth-order valence-electron chi connectivity index (χ4n) is 1.81. The highest BCUT2D eigenvalue weighted by atomic mass is 79.9. The third kappa shape index (κ3) is 6.89. The van der Waals surface area contributed by atoms with Crippen molar-refractivity contribution >= 4 is 39.5 Å². The Bertz CT molecular complexity index is 558. The molecular formula is C14H17BrN2O4. The first kappa shape index (κ1) is 17.2. The lowest BCUT2D eigenvalue weighted by molar-refractivity contribution is -0.139. The van der Waals surface area contributed by atoms with Gasteiger partial charge in [-0.1, -0.05) is 35.8 Å². The van der Waals surface area contributed by atoms with E-state index in [1.807, 2.05) is 6.07 Å². The fourth-order valence-corrected chi connectivity index (χ4v) is 2.21. The molecule has 0 saturated carbocycles. The van der Waals surface area contributed by atoms with Crippen molar-refractivity contribution in [2.24, 2.45) is 5.41 Å². The van der Waals surface area contributed by atoms with E-state index < -0.39 is 23.3 Å². The summed E-state index contributed by atoms with van der Waals surface area (Å²) in [6.07, 6.45) is -0.196. The molecule has 0 aliphatic rings. The molecule has 0 aliphatic carbocycles. The average Bonchev–Trinajstić information content (AvgIpc) is 2.24. The van der Waals surface area contributed by atoms with Gasteiger partial charge in [-0.05, 0) is 23.6 Å². The fraction of sp³-hybridized carbons (Fsp3) is 0.357. The SMILES string of the molecule is CC(C)(CC(=O)O)CC(=O)NC(=O)Nc1cccc(Br)c1. The number of halogens is 1. The average molecular weight is 357 g/mol. The van der Waals surface area contributed by atoms with Crippen molar-refractivity contribution in [3.05, 3.63) is 28.7 Å². The summed E-state index contributed by atoms with van der Waals surface area (Å²) in [5, 5.41) is 13.5. The number of carboxylic acids is 1. The molecule has 0 fully saturated rings. The Hall–Kier alpha value is -1.89. The molecule has 0 radical (unpaired) electrons. The van der Waals surface area contributed by atoms with Crippen LogP contribution in [0.4, 0.5) is 10.5 Å². The quantitative estimate of drug-likeness (QED) is 0.755. The van der Waals surface area contributed by atoms with Crippen LogP contribution >= 0.6 is 15.9 Å². The Balaban J connectivity index is 2.51. The standard InChI is InChI=1S/C14H17BrN2O4/c1-14(2,8-12(19)20)7-11(18)17-13(21)16-10-5-3-4-9(15)6-10/h3-6H,7-8H2,1-2H3,(H,19,20)(H2,16,17,18,21). The van der Waals surface area contributed by atoms with Crippen molar-refractivity contribution in [2.75, 3.05) is 5.32 Å². The summed E-state index contributed by atoms with van der Waals surface area (Å²) in [5.41, 5.74) is -0.175. The predicted octanol–water partition coefficient (Wildman–Crippen LogP) is 2.99. The number of nitrogens with one attached hydrogen (secondary N) is 2. The highest BCUT2D eigenvalue weighted by molar-refractivity contribution is 9.10. The van der Waals surface area contributed by atoms with Gasteiger partial charge in [0.05, 0.1) is 6.42 Å². The van der Waals surface area contributed by atoms with Gasteiger partial charge in [-0.2, -0.15) is 0 Å². The second kappa shape index (κ2) is 7.21. The van der Waals surface area contributed by atoms with Crippen LogP contribution in [-0.4, -0.2) is 23.0 Å². The van der Waals surface area contributed by atoms with Crippen molar-refractivity contribution < 1.29 is 19.5 Å². The first-order valence-electron chi connectivity index (χ1n) is 6.26. The molecule has 1 aromatic carbocycles. The smallest absolute Gasteiger partial charge is 0.325 e. The van der Waals surface area contributed by atoms with Crippen LogP contribution < -0.4 is 10.6 Å². The van der Waals surface area contributed by atoms with Crippen molar-refractivity contribution in [1.82, 2.24) is 5.32 Å². The summed E-state index contributed by atoms with van der Waals surface area (Å²) >= 11 is 3.27. The van der Waals surface area contributed by atoms with E-state index in [2.05, 4.69) is 26.6 Å². The van der Waals surface area contributed by atoms with Gasteiger partial charge in [0.25, 0.3) is 0 Å². The molecule has 21 heavy (non-hydrogen) atoms. The summed E-state index contributed by atoms with van der Waals surface area (Å²) in [4.78, 5) is 34.1. The van der Waals surface area contributed by atoms with Crippen molar-refractivity contribution in [2.45, 2.75) is 26.7 Å². The number of rotatable bonds is 5. The van der Waals surface area contributed by atoms with E-state index in [1.54, 1.807) is 32.0 Å². The zero-order chi connectivity index (χ0) is 16.0. The monoisotopic (exact) mass is 356 g/mol. The Morgan fingerprint density at radius 3 is 2.48 bits per heavy atom. The van der Waals surface area contributed by atoms with Gasteiger partial charge in [-0.25, -0.2) is 4.79 Å². The molecule has 0 saturated heterocycles. The van der Waals surface area contributed by atoms with E-state index in [9.17, 15) is 14.4 Å². The summed E-state index contributed by atoms with van der Waals surface area (Å²) in [6.45, 7) is 3.32. The number of carbonyl (C=O) groups is 3. The third-order valence-corrected chi connectivity index (χ3v) is 3.10. The molecule has 0 unspecified atom stereocenters. The van der Waals surface area contributed by atoms with Crippen LogP contribution in [0.25, 0.3) is 0 Å². The summed E-state index contributed by atoms with van der Waals surface area (Å²) < 4.78 is 0.800. The highest BCUT2D eigenvalue weighted by Gasteiger charge is 2.25. The first-order valence-corrected chi connectivity index (χ1v) is 7.05. The van der Waals surface area contributed by atoms with Gasteiger partial charge in [0.15, 0.2) is 0 Å². The summed E-state index contributed by atoms with van der Waals surface area (Å²) in [6, 6.07) is 6.28. The van der Waals surface area contributed by atoms with Crippen LogP contribution in [0.15, 0.2) is 28.7 Å². The number of hydrogen-bond acceptors (Lipinski definition) is 3. The van der Waals surface area contributed by atoms with Crippen LogP contribution in [0.3, 0.4) is 0 Å². The Morgan fingerprint density at radius 1 is 1.24 bits per heavy atom. The lowest BCUT2D eigenvalue weighted by Gasteiger charge is -2.21. The van der Waals surface area contributed by atoms with E-state index in [0.29, 0.717) is 5.69 Å². The lowest BCUT2D eigenvalue weighted by Crippen LogP contribution is -2.37. The molecule has 3 N–H and O–H groups in total. The number of carbonyl (C=O) groups excluding carboxylic acids is 2. The molecule has 1 rings (SSSR count). The molecule has 1 aromatic rings. The molecule has 114 valence electrons. The summed E-state index contributed by atoms with van der Waals surface area (Å²) in [5.74, 6) is -1.50. The predicted molar refractivity (Wildman–Crippen MR) is 82.0 cm³/mol. The molecule has 7 heteroatoms. The zero-order valence-corrected chi connectivity index (χ0v) is 13.4. The molecular weight excluding hydrogens is 340 g/mol. The minimum absolute atomic E-state index is 0.0504. The van der Waals surface area contributed by atoms with E-state index in [1.165, 1.54) is 0 Å². The zero-order valence-electron chi connectivity index (χ0n) is 11.8. The number of anilines is 1. The van der Waals surface area contributed by atoms with Crippen LogP contribution in [0.5, 0.6) is 0 Å². The molecule has 0 spiro atoms. The number of amides is 3. The second-order valence-electron chi connectivity index (χ2n) is 5.42. The van der Waals surface area contributed by atoms with Gasteiger partial charge in [0.1, 0.15) is 0 Å². The molecule has 3 amide bonds. The number of carboxylic acid groups (broad SMARTS) is 1. The highest BCUT2D eigenvalue weighted by Crippen LogP contribution is 2.24. The first-order chi connectivity index (χ1) is 9.68. The maximum Gasteiger partial charge on any atom is 0.325 e. The largest absolute Gasteiger partial charge is 0.481 e. The van der Waals surface area contributed by atoms with Crippen LogP contribution in [0, 0.1) is 5.41 Å². The lowest BCUT2D eigenvalue weighted by atomic mass is 9.85. The Morgan fingerprint density at radius 2 is 1.90 bits per heavy atom. The van der Waals surface area contributed by atoms with Crippen LogP contribution in [-0.2, 0) is 9.59 Å². The number of hydrogen-bond donors (Lipinski definition) is 3. The molecule has 0 aromatic heterocycles. The third-order valence-electron chi connectivity index (χ3n) is 2.60. The maximum absolute atomic E-state index is 11.7. The van der Waals surface area contributed by atoms with Gasteiger partial charge in [-0.3, -0.25) is 14.9 Å². The molecule has 0 aliphatic heterocycles. The minimum Gasteiger partial charge on any atom is -0.481 e. The van der Waals surface area contributed by atoms with Gasteiger partial charge >= 0.3 is 12.0 Å². The Labute approximate surface area is 131 Å². The Kier molecular flexibility index (Phi) is 5.90. The molecule has 0 bridgehead atoms. The van der Waals surface area contributed by atoms with Crippen LogP contribution in [0.2, 0.25) is 0 Å².